The first-order valence-electron chi connectivity index (χ1n) is 12.1. The van der Waals surface area contributed by atoms with Gasteiger partial charge in [0.25, 0.3) is 0 Å². The van der Waals surface area contributed by atoms with Gasteiger partial charge in [-0.15, -0.1) is 0 Å². The zero-order chi connectivity index (χ0) is 37.2. The van der Waals surface area contributed by atoms with Gasteiger partial charge in [0.15, 0.2) is 58.2 Å². The molecule has 0 amide bonds. The van der Waals surface area contributed by atoms with E-state index in [0.717, 1.165) is 36.4 Å². The van der Waals surface area contributed by atoms with E-state index in [1.165, 1.54) is 0 Å². The van der Waals surface area contributed by atoms with Crippen LogP contribution in [0.15, 0.2) is 57.5 Å². The minimum Gasteiger partial charge on any atom is -0.243 e. The molecule has 0 spiro atoms. The van der Waals surface area contributed by atoms with Gasteiger partial charge in [0.2, 0.25) is 0 Å². The lowest BCUT2D eigenvalue weighted by atomic mass is 9.99. The van der Waals surface area contributed by atoms with Crippen LogP contribution in [0.4, 0.5) is 52.7 Å². The highest BCUT2D eigenvalue weighted by atomic mass is 19.2. The van der Waals surface area contributed by atoms with E-state index in [1.54, 1.807) is 0 Å². The van der Waals surface area contributed by atoms with E-state index in [-0.39, 0.29) is 0 Å². The Morgan fingerprint density at radius 3 is 1.14 bits per heavy atom. The Labute approximate surface area is 265 Å². The first-order chi connectivity index (χ1) is 23.1. The van der Waals surface area contributed by atoms with Crippen molar-refractivity contribution in [2.24, 2.45) is 0 Å². The van der Waals surface area contributed by atoms with Crippen LogP contribution < -0.4 is 0 Å². The Morgan fingerprint density at radius 1 is 0.510 bits per heavy atom. The zero-order valence-corrected chi connectivity index (χ0v) is 23.1. The fraction of sp³-hybridized carbons (Fsp3) is 0.0323. The minimum absolute atomic E-state index is 0.765. The SMILES string of the molecule is C=C(C#N)\C(F)=C(F)/C(C(/C#N)=C1\C(=C(C#N)c2c(F)c(F)c(C#N)c(F)c2F)\C1=C(/C#N)c1c(F)c(F)c(C#N)c(F)c1F)=C(/F)CF. The van der Waals surface area contributed by atoms with E-state index >= 15 is 22.0 Å². The maximum Gasteiger partial charge on any atom is 0.180 e. The second-order valence-corrected chi connectivity index (χ2v) is 8.95. The van der Waals surface area contributed by atoms with E-state index < -0.39 is 138 Å². The summed E-state index contributed by atoms with van der Waals surface area (Å²) in [5, 5.41) is 56.0. The van der Waals surface area contributed by atoms with E-state index in [9.17, 15) is 46.5 Å². The molecule has 0 aliphatic heterocycles. The molecular formula is C31H4F12N6. The number of alkyl halides is 1. The molecule has 2 aromatic rings. The summed E-state index contributed by atoms with van der Waals surface area (Å²) in [4.78, 5) is 0. The molecule has 1 aliphatic rings. The van der Waals surface area contributed by atoms with Crippen molar-refractivity contribution in [3.8, 4) is 36.4 Å². The number of nitriles is 6. The van der Waals surface area contributed by atoms with Crippen LogP contribution in [0.25, 0.3) is 11.1 Å². The standard InChI is InChI=1S/C31H4F12N6/c1-9(3-44)22(34)27(39)16(15(33)2-32)10(4-45)17-18(11(5-46)20-28(40)23(35)13(7-48)24(36)29(20)41)19(17)12(6-47)21-30(42)25(37)14(8-49)26(38)31(21)43/h1-2H2/b16-15+,17-10-,18-11+,19-12?,27-22-. The molecule has 18 heteroatoms. The van der Waals surface area contributed by atoms with Crippen molar-refractivity contribution < 1.29 is 52.7 Å². The Kier molecular flexibility index (Phi) is 10.2. The third-order valence-corrected chi connectivity index (χ3v) is 6.47. The Balaban J connectivity index is 2.83. The Morgan fingerprint density at radius 2 is 0.878 bits per heavy atom. The van der Waals surface area contributed by atoms with Gasteiger partial charge in [-0.25, -0.2) is 52.7 Å². The largest absolute Gasteiger partial charge is 0.243 e. The number of hydrogen-bond donors (Lipinski definition) is 0. The molecule has 2 aromatic carbocycles. The number of allylic oxidation sites excluding steroid dienone is 11. The third kappa shape index (κ3) is 5.65. The van der Waals surface area contributed by atoms with Crippen LogP contribution in [-0.2, 0) is 0 Å². The number of halogens is 12. The lowest BCUT2D eigenvalue weighted by Gasteiger charge is -2.08. The molecule has 0 unspecified atom stereocenters. The Bertz CT molecular complexity index is 2180. The molecule has 0 N–H and O–H groups in total. The fourth-order valence-electron chi connectivity index (χ4n) is 4.27. The van der Waals surface area contributed by atoms with Crippen LogP contribution in [0, 0.1) is 115 Å². The van der Waals surface area contributed by atoms with Crippen molar-refractivity contribution in [3.63, 3.8) is 0 Å². The van der Waals surface area contributed by atoms with Crippen LogP contribution in [0.1, 0.15) is 22.3 Å². The van der Waals surface area contributed by atoms with Crippen LogP contribution in [-0.4, -0.2) is 6.67 Å². The van der Waals surface area contributed by atoms with Crippen LogP contribution >= 0.6 is 0 Å². The highest BCUT2D eigenvalue weighted by Crippen LogP contribution is 2.57. The first kappa shape index (κ1) is 36.4. The van der Waals surface area contributed by atoms with E-state index in [0.29, 0.717) is 0 Å². The first-order valence-corrected chi connectivity index (χ1v) is 12.1. The van der Waals surface area contributed by atoms with Crippen molar-refractivity contribution in [2.45, 2.75) is 0 Å². The molecule has 3 rings (SSSR count). The van der Waals surface area contributed by atoms with Gasteiger partial charge in [0.05, 0.1) is 39.0 Å². The van der Waals surface area contributed by atoms with Crippen molar-refractivity contribution in [3.05, 3.63) is 126 Å². The summed E-state index contributed by atoms with van der Waals surface area (Å²) >= 11 is 0. The number of hydrogen-bond acceptors (Lipinski definition) is 6. The monoisotopic (exact) mass is 688 g/mol. The van der Waals surface area contributed by atoms with Gasteiger partial charge in [-0.2, -0.15) is 31.6 Å². The van der Waals surface area contributed by atoms with Gasteiger partial charge in [0.1, 0.15) is 60.0 Å². The fourth-order valence-corrected chi connectivity index (χ4v) is 4.27. The van der Waals surface area contributed by atoms with Gasteiger partial charge < -0.3 is 0 Å². The quantitative estimate of drug-likeness (QED) is 0.130. The average Bonchev–Trinajstić information content (AvgIpc) is 3.81. The highest BCUT2D eigenvalue weighted by Gasteiger charge is 2.46. The summed E-state index contributed by atoms with van der Waals surface area (Å²) in [6.45, 7) is 0.372. The maximum absolute atomic E-state index is 15.2. The number of benzene rings is 2. The number of nitrogens with zero attached hydrogens (tertiary/aromatic N) is 6. The van der Waals surface area contributed by atoms with Crippen molar-refractivity contribution in [2.75, 3.05) is 6.67 Å². The summed E-state index contributed by atoms with van der Waals surface area (Å²) in [6.07, 6.45) is 0. The highest BCUT2D eigenvalue weighted by molar-refractivity contribution is 6.07. The van der Waals surface area contributed by atoms with Gasteiger partial charge in [-0.3, -0.25) is 0 Å². The van der Waals surface area contributed by atoms with Gasteiger partial charge in [-0.1, -0.05) is 6.58 Å². The van der Waals surface area contributed by atoms with Crippen LogP contribution in [0.2, 0.25) is 0 Å². The molecule has 1 saturated carbocycles. The summed E-state index contributed by atoms with van der Waals surface area (Å²) in [5.74, 6) is -27.3. The topological polar surface area (TPSA) is 143 Å². The summed E-state index contributed by atoms with van der Waals surface area (Å²) in [6, 6.07) is 5.36. The van der Waals surface area contributed by atoms with Crippen molar-refractivity contribution in [1.82, 2.24) is 0 Å². The predicted octanol–water partition coefficient (Wildman–Crippen LogP) is 8.05. The molecule has 0 atom stereocenters. The normalized spacial score (nSPS) is 16.0. The molecule has 0 heterocycles. The molecule has 1 fully saturated rings. The lowest BCUT2D eigenvalue weighted by molar-refractivity contribution is 0.446. The molecule has 6 nitrogen and oxygen atoms in total. The van der Waals surface area contributed by atoms with Gasteiger partial charge in [-0.05, 0) is 0 Å². The summed E-state index contributed by atoms with van der Waals surface area (Å²) < 4.78 is 177. The zero-order valence-electron chi connectivity index (χ0n) is 23.1. The van der Waals surface area contributed by atoms with Crippen molar-refractivity contribution >= 4 is 11.1 Å². The maximum atomic E-state index is 15.2. The van der Waals surface area contributed by atoms with E-state index in [2.05, 4.69) is 6.58 Å². The molecular weight excluding hydrogens is 684 g/mol. The molecule has 1 aliphatic carbocycles. The van der Waals surface area contributed by atoms with E-state index in [4.69, 9.17) is 15.8 Å². The minimum atomic E-state index is -2.60. The molecule has 0 aromatic heterocycles. The van der Waals surface area contributed by atoms with Gasteiger partial charge in [0, 0.05) is 16.7 Å². The average molecular weight is 688 g/mol. The number of rotatable bonds is 6. The second-order valence-electron chi connectivity index (χ2n) is 8.95. The second kappa shape index (κ2) is 13.8. The molecule has 0 saturated heterocycles. The van der Waals surface area contributed by atoms with E-state index in [1.807, 2.05) is 0 Å². The molecule has 242 valence electrons. The molecule has 49 heavy (non-hydrogen) atoms. The molecule has 0 bridgehead atoms. The predicted molar refractivity (Wildman–Crippen MR) is 138 cm³/mol. The summed E-state index contributed by atoms with van der Waals surface area (Å²) in [7, 11) is 0. The lowest BCUT2D eigenvalue weighted by Crippen LogP contribution is -2.06. The molecule has 0 radical (unpaired) electrons. The van der Waals surface area contributed by atoms with Crippen LogP contribution in [0.3, 0.4) is 0 Å². The Hall–Kier alpha value is -7.02. The summed E-state index contributed by atoms with van der Waals surface area (Å²) in [5.41, 5.74) is -21.2. The smallest absolute Gasteiger partial charge is 0.180 e. The third-order valence-electron chi connectivity index (χ3n) is 6.47. The van der Waals surface area contributed by atoms with Crippen LogP contribution in [0.5, 0.6) is 0 Å². The van der Waals surface area contributed by atoms with Gasteiger partial charge >= 0.3 is 0 Å². The van der Waals surface area contributed by atoms with Crippen molar-refractivity contribution in [1.29, 1.82) is 31.6 Å².